The van der Waals surface area contributed by atoms with Gasteiger partial charge in [-0.2, -0.15) is 5.10 Å². The molecule has 3 heteroatoms. The van der Waals surface area contributed by atoms with Crippen LogP contribution in [0, 0.1) is 11.3 Å². The first-order valence-electron chi connectivity index (χ1n) is 7.72. The van der Waals surface area contributed by atoms with E-state index in [0.29, 0.717) is 11.5 Å². The number of H-pyrrole nitrogens is 1. The number of benzene rings is 1. The van der Waals surface area contributed by atoms with Crippen molar-refractivity contribution in [3.8, 4) is 0 Å². The van der Waals surface area contributed by atoms with Crippen LogP contribution in [0.1, 0.15) is 46.5 Å². The molecule has 0 bridgehead atoms. The van der Waals surface area contributed by atoms with Crippen LogP contribution >= 0.6 is 0 Å². The van der Waals surface area contributed by atoms with E-state index in [1.54, 1.807) is 0 Å². The highest BCUT2D eigenvalue weighted by atomic mass is 15.1. The van der Waals surface area contributed by atoms with Gasteiger partial charge in [0.25, 0.3) is 0 Å². The summed E-state index contributed by atoms with van der Waals surface area (Å²) in [5.74, 6) is 0.866. The Morgan fingerprint density at radius 2 is 1.90 bits per heavy atom. The average molecular weight is 271 g/mol. The highest BCUT2D eigenvalue weighted by Crippen LogP contribution is 2.38. The van der Waals surface area contributed by atoms with E-state index in [1.807, 2.05) is 6.20 Å². The van der Waals surface area contributed by atoms with Crippen LogP contribution in [0.4, 0.5) is 5.69 Å². The van der Waals surface area contributed by atoms with E-state index in [2.05, 4.69) is 54.5 Å². The fourth-order valence-corrected chi connectivity index (χ4v) is 3.42. The molecule has 3 rings (SSSR count). The van der Waals surface area contributed by atoms with Gasteiger partial charge in [-0.3, -0.25) is 5.10 Å². The Balaban J connectivity index is 1.67. The van der Waals surface area contributed by atoms with E-state index in [4.69, 9.17) is 0 Å². The monoisotopic (exact) mass is 271 g/mol. The summed E-state index contributed by atoms with van der Waals surface area (Å²) in [4.78, 5) is 0. The molecule has 2 N–H and O–H groups in total. The van der Waals surface area contributed by atoms with Crippen molar-refractivity contribution >= 4 is 16.6 Å². The molecule has 1 aliphatic rings. The number of aromatic nitrogens is 2. The standard InChI is InChI=1S/C17H25N3/c1-17(2,3)12-7-9-13(10-8-12)19-15-5-4-6-16-14(15)11-18-20-16/h4-6,11-13,19H,7-10H2,1-3H3,(H,18,20). The summed E-state index contributed by atoms with van der Waals surface area (Å²) >= 11 is 0. The predicted octanol–water partition coefficient (Wildman–Crippen LogP) is 4.58. The molecule has 2 aromatic rings. The van der Waals surface area contributed by atoms with Gasteiger partial charge in [0.2, 0.25) is 0 Å². The van der Waals surface area contributed by atoms with E-state index in [9.17, 15) is 0 Å². The number of hydrogen-bond acceptors (Lipinski definition) is 2. The summed E-state index contributed by atoms with van der Waals surface area (Å²) in [5, 5.41) is 12.1. The third kappa shape index (κ3) is 2.67. The third-order valence-electron chi connectivity index (χ3n) is 4.80. The number of fused-ring (bicyclic) bond motifs is 1. The van der Waals surface area contributed by atoms with Gasteiger partial charge in [-0.1, -0.05) is 26.8 Å². The first-order chi connectivity index (χ1) is 9.54. The lowest BCUT2D eigenvalue weighted by molar-refractivity contribution is 0.173. The number of rotatable bonds is 2. The maximum atomic E-state index is 4.13. The highest BCUT2D eigenvalue weighted by molar-refractivity contribution is 5.90. The molecule has 3 nitrogen and oxygen atoms in total. The molecule has 0 spiro atoms. The number of nitrogens with zero attached hydrogens (tertiary/aromatic N) is 1. The average Bonchev–Trinajstić information content (AvgIpc) is 2.88. The normalized spacial score (nSPS) is 23.9. The summed E-state index contributed by atoms with van der Waals surface area (Å²) in [6.45, 7) is 7.12. The zero-order chi connectivity index (χ0) is 14.2. The molecule has 108 valence electrons. The van der Waals surface area contributed by atoms with Crippen LogP contribution in [-0.2, 0) is 0 Å². The molecular weight excluding hydrogens is 246 g/mol. The van der Waals surface area contributed by atoms with E-state index in [1.165, 1.54) is 36.8 Å². The molecule has 1 heterocycles. The van der Waals surface area contributed by atoms with Gasteiger partial charge >= 0.3 is 0 Å². The molecule has 0 saturated heterocycles. The Kier molecular flexibility index (Phi) is 3.45. The maximum absolute atomic E-state index is 4.13. The van der Waals surface area contributed by atoms with Crippen molar-refractivity contribution in [1.29, 1.82) is 0 Å². The van der Waals surface area contributed by atoms with Gasteiger partial charge < -0.3 is 5.32 Å². The number of nitrogens with one attached hydrogen (secondary N) is 2. The van der Waals surface area contributed by atoms with Gasteiger partial charge in [0.05, 0.1) is 11.7 Å². The zero-order valence-electron chi connectivity index (χ0n) is 12.7. The fourth-order valence-electron chi connectivity index (χ4n) is 3.42. The quantitative estimate of drug-likeness (QED) is 0.839. The molecule has 1 aromatic carbocycles. The summed E-state index contributed by atoms with van der Waals surface area (Å²) < 4.78 is 0. The van der Waals surface area contributed by atoms with Crippen molar-refractivity contribution in [2.75, 3.05) is 5.32 Å². The lowest BCUT2D eigenvalue weighted by atomic mass is 9.71. The van der Waals surface area contributed by atoms with Crippen LogP contribution in [0.15, 0.2) is 24.4 Å². The van der Waals surface area contributed by atoms with Crippen LogP contribution in [0.25, 0.3) is 10.9 Å². The lowest BCUT2D eigenvalue weighted by Crippen LogP contribution is -2.31. The number of anilines is 1. The summed E-state index contributed by atoms with van der Waals surface area (Å²) in [6, 6.07) is 6.93. The maximum Gasteiger partial charge on any atom is 0.0671 e. The Hall–Kier alpha value is -1.51. The second-order valence-corrected chi connectivity index (χ2v) is 7.20. The molecule has 0 radical (unpaired) electrons. The molecule has 1 fully saturated rings. The van der Waals surface area contributed by atoms with Crippen molar-refractivity contribution < 1.29 is 0 Å². The molecule has 0 atom stereocenters. The van der Waals surface area contributed by atoms with Gasteiger partial charge in [-0.15, -0.1) is 0 Å². The Morgan fingerprint density at radius 1 is 1.15 bits per heavy atom. The zero-order valence-corrected chi connectivity index (χ0v) is 12.7. The first-order valence-corrected chi connectivity index (χ1v) is 7.72. The predicted molar refractivity (Wildman–Crippen MR) is 84.9 cm³/mol. The first kappa shape index (κ1) is 13.5. The van der Waals surface area contributed by atoms with Crippen molar-refractivity contribution in [3.63, 3.8) is 0 Å². The highest BCUT2D eigenvalue weighted by Gasteiger charge is 2.29. The molecule has 0 aliphatic heterocycles. The summed E-state index contributed by atoms with van der Waals surface area (Å²) in [6.07, 6.45) is 7.13. The number of hydrogen-bond donors (Lipinski definition) is 2. The Labute approximate surface area is 121 Å². The van der Waals surface area contributed by atoms with Crippen LogP contribution in [-0.4, -0.2) is 16.2 Å². The molecular formula is C17H25N3. The molecule has 20 heavy (non-hydrogen) atoms. The minimum atomic E-state index is 0.454. The minimum absolute atomic E-state index is 0.454. The molecule has 1 aromatic heterocycles. The summed E-state index contributed by atoms with van der Waals surface area (Å²) in [7, 11) is 0. The van der Waals surface area contributed by atoms with Crippen LogP contribution in [0.3, 0.4) is 0 Å². The molecule has 1 aliphatic carbocycles. The van der Waals surface area contributed by atoms with E-state index < -0.39 is 0 Å². The van der Waals surface area contributed by atoms with Gasteiger partial charge in [0.15, 0.2) is 0 Å². The van der Waals surface area contributed by atoms with Gasteiger partial charge in [0, 0.05) is 17.1 Å². The van der Waals surface area contributed by atoms with Crippen molar-refractivity contribution in [1.82, 2.24) is 10.2 Å². The molecule has 0 unspecified atom stereocenters. The summed E-state index contributed by atoms with van der Waals surface area (Å²) in [5.41, 5.74) is 2.78. The second kappa shape index (κ2) is 5.12. The Morgan fingerprint density at radius 3 is 2.60 bits per heavy atom. The largest absolute Gasteiger partial charge is 0.382 e. The molecule has 0 amide bonds. The van der Waals surface area contributed by atoms with Crippen molar-refractivity contribution in [2.45, 2.75) is 52.5 Å². The van der Waals surface area contributed by atoms with Gasteiger partial charge in [0.1, 0.15) is 0 Å². The fraction of sp³-hybridized carbons (Fsp3) is 0.588. The lowest BCUT2D eigenvalue weighted by Gasteiger charge is -2.37. The van der Waals surface area contributed by atoms with Crippen LogP contribution < -0.4 is 5.32 Å². The Bertz CT molecular complexity index is 571. The van der Waals surface area contributed by atoms with Crippen molar-refractivity contribution in [3.05, 3.63) is 24.4 Å². The number of aromatic amines is 1. The second-order valence-electron chi connectivity index (χ2n) is 7.20. The SMILES string of the molecule is CC(C)(C)C1CCC(Nc2cccc3[nH]ncc23)CC1. The smallest absolute Gasteiger partial charge is 0.0671 e. The van der Waals surface area contributed by atoms with Gasteiger partial charge in [-0.25, -0.2) is 0 Å². The van der Waals surface area contributed by atoms with Gasteiger partial charge in [-0.05, 0) is 49.1 Å². The minimum Gasteiger partial charge on any atom is -0.382 e. The van der Waals surface area contributed by atoms with Crippen LogP contribution in [0.2, 0.25) is 0 Å². The van der Waals surface area contributed by atoms with Crippen LogP contribution in [0.5, 0.6) is 0 Å². The third-order valence-corrected chi connectivity index (χ3v) is 4.80. The van der Waals surface area contributed by atoms with Crippen molar-refractivity contribution in [2.24, 2.45) is 11.3 Å². The topological polar surface area (TPSA) is 40.7 Å². The molecule has 1 saturated carbocycles. The van der Waals surface area contributed by atoms with E-state index in [0.717, 1.165) is 11.4 Å². The van der Waals surface area contributed by atoms with E-state index in [-0.39, 0.29) is 0 Å². The van der Waals surface area contributed by atoms with E-state index >= 15 is 0 Å².